The second kappa shape index (κ2) is 11.2. The van der Waals surface area contributed by atoms with Crippen LogP contribution in [0, 0.1) is 0 Å². The fraction of sp³-hybridized carbons (Fsp3) is 0.318. The lowest BCUT2D eigenvalue weighted by molar-refractivity contribution is 0.134. The highest BCUT2D eigenvalue weighted by Crippen LogP contribution is 2.20. The number of ether oxygens (including phenoxy) is 1. The number of amides is 1. The second-order valence-corrected chi connectivity index (χ2v) is 7.31. The first-order valence-corrected chi connectivity index (χ1v) is 10.4. The van der Waals surface area contributed by atoms with Crippen LogP contribution in [0.2, 0.25) is 0 Å². The van der Waals surface area contributed by atoms with Gasteiger partial charge in [-0.15, -0.1) is 0 Å². The summed E-state index contributed by atoms with van der Waals surface area (Å²) in [7, 11) is 1.79. The van der Waals surface area contributed by atoms with E-state index in [-0.39, 0.29) is 12.6 Å². The number of aromatic nitrogens is 2. The van der Waals surface area contributed by atoms with E-state index in [4.69, 9.17) is 17.0 Å². The minimum atomic E-state index is -0.459. The van der Waals surface area contributed by atoms with E-state index in [0.717, 1.165) is 48.2 Å². The maximum Gasteiger partial charge on any atom is 0.408 e. The van der Waals surface area contributed by atoms with E-state index >= 15 is 0 Å². The summed E-state index contributed by atoms with van der Waals surface area (Å²) in [6.45, 7) is 0.996. The van der Waals surface area contributed by atoms with Crippen LogP contribution >= 0.6 is 12.2 Å². The Morgan fingerprint density at radius 2 is 1.90 bits per heavy atom. The molecule has 4 N–H and O–H groups in total. The molecule has 1 heterocycles. The van der Waals surface area contributed by atoms with E-state index in [1.165, 1.54) is 0 Å². The molecule has 158 valence electrons. The second-order valence-electron chi connectivity index (χ2n) is 6.90. The number of hydrogen-bond donors (Lipinski definition) is 4. The molecule has 0 aliphatic carbocycles. The molecule has 1 amide bonds. The number of aromatic amines is 1. The van der Waals surface area contributed by atoms with Crippen molar-refractivity contribution >= 4 is 34.5 Å². The van der Waals surface area contributed by atoms with E-state index < -0.39 is 6.09 Å². The summed E-state index contributed by atoms with van der Waals surface area (Å²) >= 11 is 5.09. The van der Waals surface area contributed by atoms with Crippen molar-refractivity contribution < 1.29 is 9.53 Å². The van der Waals surface area contributed by atoms with Crippen molar-refractivity contribution in [2.24, 2.45) is 0 Å². The molecular formula is C22H27N5O2S. The van der Waals surface area contributed by atoms with Gasteiger partial charge in [-0.2, -0.15) is 0 Å². The summed E-state index contributed by atoms with van der Waals surface area (Å²) < 4.78 is 5.40. The third-order valence-electron chi connectivity index (χ3n) is 4.67. The molecule has 30 heavy (non-hydrogen) atoms. The zero-order valence-electron chi connectivity index (χ0n) is 17.0. The molecule has 1 atom stereocenters. The molecule has 0 radical (unpaired) electrons. The van der Waals surface area contributed by atoms with Crippen LogP contribution in [0.25, 0.3) is 11.0 Å². The standard InChI is InChI=1S/C22H27N5O2S/c1-23-21(30)24-14-8-7-13-19(20-25-17-11-5-6-12-18(17)26-20)27-22(28)29-15-16-9-3-2-4-10-16/h2-6,9-12,19H,7-8,13-15H2,1H3,(H,25,26)(H,27,28)(H2,23,24,30). The molecule has 0 saturated carbocycles. The summed E-state index contributed by atoms with van der Waals surface area (Å²) in [5.74, 6) is 0.728. The van der Waals surface area contributed by atoms with Gasteiger partial charge in [0.15, 0.2) is 5.11 Å². The average Bonchev–Trinajstić information content (AvgIpc) is 3.21. The first-order chi connectivity index (χ1) is 14.7. The Bertz CT molecular complexity index is 927. The van der Waals surface area contributed by atoms with Gasteiger partial charge in [0.25, 0.3) is 0 Å². The van der Waals surface area contributed by atoms with Crippen molar-refractivity contribution in [2.45, 2.75) is 31.9 Å². The Balaban J connectivity index is 1.59. The Morgan fingerprint density at radius 1 is 1.13 bits per heavy atom. The van der Waals surface area contributed by atoms with Crippen LogP contribution in [-0.2, 0) is 11.3 Å². The number of hydrogen-bond acceptors (Lipinski definition) is 4. The van der Waals surface area contributed by atoms with Crippen molar-refractivity contribution in [1.82, 2.24) is 25.9 Å². The SMILES string of the molecule is CNC(=S)NCCCCC(NC(=O)OCc1ccccc1)c1nc2ccccc2[nH]1. The number of para-hydroxylation sites is 2. The summed E-state index contributed by atoms with van der Waals surface area (Å²) in [5.41, 5.74) is 2.76. The summed E-state index contributed by atoms with van der Waals surface area (Å²) in [6, 6.07) is 17.2. The number of carbonyl (C=O) groups is 1. The smallest absolute Gasteiger partial charge is 0.408 e. The van der Waals surface area contributed by atoms with Crippen molar-refractivity contribution in [2.75, 3.05) is 13.6 Å². The van der Waals surface area contributed by atoms with Crippen LogP contribution in [0.3, 0.4) is 0 Å². The average molecular weight is 426 g/mol. The Kier molecular flexibility index (Phi) is 8.02. The number of rotatable bonds is 9. The maximum absolute atomic E-state index is 12.4. The van der Waals surface area contributed by atoms with Gasteiger partial charge >= 0.3 is 6.09 Å². The molecule has 0 aliphatic rings. The summed E-state index contributed by atoms with van der Waals surface area (Å²) in [5, 5.41) is 9.62. The summed E-state index contributed by atoms with van der Waals surface area (Å²) in [4.78, 5) is 20.4. The molecule has 1 aromatic heterocycles. The van der Waals surface area contributed by atoms with Gasteiger partial charge in [-0.1, -0.05) is 42.5 Å². The molecule has 0 spiro atoms. The first-order valence-electron chi connectivity index (χ1n) is 10.0. The maximum atomic E-state index is 12.4. The van der Waals surface area contributed by atoms with E-state index in [9.17, 15) is 4.79 Å². The van der Waals surface area contributed by atoms with Crippen molar-refractivity contribution in [3.63, 3.8) is 0 Å². The third kappa shape index (κ3) is 6.45. The molecule has 0 aliphatic heterocycles. The zero-order valence-corrected chi connectivity index (χ0v) is 17.8. The molecular weight excluding hydrogens is 398 g/mol. The highest BCUT2D eigenvalue weighted by molar-refractivity contribution is 7.80. The van der Waals surface area contributed by atoms with Crippen LogP contribution in [0.1, 0.15) is 36.7 Å². The van der Waals surface area contributed by atoms with E-state index in [2.05, 4.69) is 25.9 Å². The largest absolute Gasteiger partial charge is 0.445 e. The molecule has 3 rings (SSSR count). The number of H-pyrrole nitrogens is 1. The quantitative estimate of drug-likeness (QED) is 0.308. The molecule has 0 fully saturated rings. The topological polar surface area (TPSA) is 91.1 Å². The summed E-state index contributed by atoms with van der Waals surface area (Å²) in [6.07, 6.45) is 2.08. The molecule has 3 aromatic rings. The van der Waals surface area contributed by atoms with E-state index in [1.807, 2.05) is 54.6 Å². The Hall–Kier alpha value is -3.13. The fourth-order valence-electron chi connectivity index (χ4n) is 3.09. The number of nitrogens with zero attached hydrogens (tertiary/aromatic N) is 1. The number of thiocarbonyl (C=S) groups is 1. The van der Waals surface area contributed by atoms with Gasteiger partial charge in [-0.05, 0) is 49.2 Å². The predicted molar refractivity (Wildman–Crippen MR) is 122 cm³/mol. The molecule has 0 bridgehead atoms. The van der Waals surface area contributed by atoms with Crippen molar-refractivity contribution in [3.8, 4) is 0 Å². The first kappa shape index (κ1) is 21.6. The van der Waals surface area contributed by atoms with E-state index in [0.29, 0.717) is 5.11 Å². The number of benzene rings is 2. The van der Waals surface area contributed by atoms with Gasteiger partial charge in [0.1, 0.15) is 12.4 Å². The number of unbranched alkanes of at least 4 members (excludes halogenated alkanes) is 1. The number of alkyl carbamates (subject to hydrolysis) is 1. The molecule has 7 nitrogen and oxygen atoms in total. The fourth-order valence-corrected chi connectivity index (χ4v) is 3.19. The predicted octanol–water partition coefficient (Wildman–Crippen LogP) is 3.79. The van der Waals surface area contributed by atoms with Crippen LogP contribution in [0.5, 0.6) is 0 Å². The monoisotopic (exact) mass is 425 g/mol. The van der Waals surface area contributed by atoms with Crippen LogP contribution in [0.4, 0.5) is 4.79 Å². The Morgan fingerprint density at radius 3 is 2.67 bits per heavy atom. The number of fused-ring (bicyclic) bond motifs is 1. The highest BCUT2D eigenvalue weighted by atomic mass is 32.1. The van der Waals surface area contributed by atoms with Crippen LogP contribution < -0.4 is 16.0 Å². The normalized spacial score (nSPS) is 11.6. The van der Waals surface area contributed by atoms with Gasteiger partial charge in [0, 0.05) is 13.6 Å². The molecule has 1 unspecified atom stereocenters. The molecule has 0 saturated heterocycles. The number of carbonyl (C=O) groups excluding carboxylic acids is 1. The van der Waals surface area contributed by atoms with E-state index in [1.54, 1.807) is 7.05 Å². The third-order valence-corrected chi connectivity index (χ3v) is 5.02. The minimum absolute atomic E-state index is 0.227. The van der Waals surface area contributed by atoms with Crippen LogP contribution in [-0.4, -0.2) is 34.8 Å². The van der Waals surface area contributed by atoms with Crippen molar-refractivity contribution in [1.29, 1.82) is 0 Å². The minimum Gasteiger partial charge on any atom is -0.445 e. The van der Waals surface area contributed by atoms with Gasteiger partial charge in [0.2, 0.25) is 0 Å². The Labute approximate surface area is 181 Å². The van der Waals surface area contributed by atoms with Gasteiger partial charge in [-0.3, -0.25) is 0 Å². The van der Waals surface area contributed by atoms with Crippen LogP contribution in [0.15, 0.2) is 54.6 Å². The lowest BCUT2D eigenvalue weighted by Crippen LogP contribution is -2.33. The van der Waals surface area contributed by atoms with Crippen molar-refractivity contribution in [3.05, 3.63) is 66.0 Å². The lowest BCUT2D eigenvalue weighted by atomic mass is 10.1. The number of nitrogens with one attached hydrogen (secondary N) is 4. The molecule has 2 aromatic carbocycles. The lowest BCUT2D eigenvalue weighted by Gasteiger charge is -2.17. The zero-order chi connectivity index (χ0) is 21.2. The van der Waals surface area contributed by atoms with Gasteiger partial charge in [-0.25, -0.2) is 9.78 Å². The van der Waals surface area contributed by atoms with Gasteiger partial charge in [0.05, 0.1) is 17.1 Å². The van der Waals surface area contributed by atoms with Gasteiger partial charge < -0.3 is 25.7 Å². The highest BCUT2D eigenvalue weighted by Gasteiger charge is 2.19. The number of imidazole rings is 1. The molecule has 8 heteroatoms.